The second-order valence-corrected chi connectivity index (χ2v) is 4.27. The lowest BCUT2D eigenvalue weighted by atomic mass is 10.1. The van der Waals surface area contributed by atoms with Crippen LogP contribution in [0, 0.1) is 0 Å². The molecule has 0 fully saturated rings. The van der Waals surface area contributed by atoms with Crippen molar-refractivity contribution in [1.29, 1.82) is 0 Å². The lowest BCUT2D eigenvalue weighted by Crippen LogP contribution is -2.28. The fourth-order valence-electron chi connectivity index (χ4n) is 1.80. The van der Waals surface area contributed by atoms with E-state index in [0.29, 0.717) is 6.42 Å². The zero-order valence-electron chi connectivity index (χ0n) is 10.6. The minimum Gasteiger partial charge on any atom is -0.480 e. The van der Waals surface area contributed by atoms with Crippen LogP contribution in [-0.2, 0) is 11.2 Å². The van der Waals surface area contributed by atoms with Crippen LogP contribution in [0.1, 0.15) is 38.7 Å². The van der Waals surface area contributed by atoms with Crippen LogP contribution in [-0.4, -0.2) is 17.1 Å². The van der Waals surface area contributed by atoms with E-state index in [1.807, 2.05) is 19.1 Å². The van der Waals surface area contributed by atoms with Gasteiger partial charge >= 0.3 is 5.97 Å². The Morgan fingerprint density at radius 3 is 2.35 bits per heavy atom. The van der Waals surface area contributed by atoms with Crippen molar-refractivity contribution in [1.82, 2.24) is 0 Å². The number of aliphatic carboxylic acids is 1. The Morgan fingerprint density at radius 1 is 1.24 bits per heavy atom. The van der Waals surface area contributed by atoms with Gasteiger partial charge in [-0.2, -0.15) is 0 Å². The summed E-state index contributed by atoms with van der Waals surface area (Å²) in [6.45, 7) is 4.13. The third kappa shape index (κ3) is 4.47. The molecular formula is C14H21NO2. The summed E-state index contributed by atoms with van der Waals surface area (Å²) < 4.78 is 0. The lowest BCUT2D eigenvalue weighted by molar-refractivity contribution is -0.138. The first kappa shape index (κ1) is 13.6. The number of aryl methyl sites for hydroxylation is 1. The van der Waals surface area contributed by atoms with Crippen LogP contribution in [0.3, 0.4) is 0 Å². The number of hydrogen-bond donors (Lipinski definition) is 2. The van der Waals surface area contributed by atoms with E-state index in [1.54, 1.807) is 0 Å². The maximum Gasteiger partial charge on any atom is 0.326 e. The molecule has 94 valence electrons. The first-order valence-corrected chi connectivity index (χ1v) is 6.25. The number of nitrogens with one attached hydrogen (secondary N) is 1. The number of rotatable bonds is 7. The molecule has 17 heavy (non-hydrogen) atoms. The highest BCUT2D eigenvalue weighted by molar-refractivity contribution is 5.77. The van der Waals surface area contributed by atoms with Gasteiger partial charge in [-0.3, -0.25) is 0 Å². The van der Waals surface area contributed by atoms with E-state index in [9.17, 15) is 4.79 Å². The summed E-state index contributed by atoms with van der Waals surface area (Å²) in [4.78, 5) is 11.0. The van der Waals surface area contributed by atoms with Crippen LogP contribution in [0.5, 0.6) is 0 Å². The van der Waals surface area contributed by atoms with Crippen molar-refractivity contribution in [2.75, 3.05) is 5.32 Å². The molecule has 0 saturated carbocycles. The molecule has 0 aromatic heterocycles. The predicted octanol–water partition coefficient (Wildman–Crippen LogP) is 3.30. The Labute approximate surface area is 103 Å². The Hall–Kier alpha value is -1.51. The Balaban J connectivity index is 2.63. The summed E-state index contributed by atoms with van der Waals surface area (Å²) in [6, 6.07) is 7.53. The number of benzene rings is 1. The Kier molecular flexibility index (Phi) is 5.53. The van der Waals surface area contributed by atoms with Gasteiger partial charge in [0.15, 0.2) is 0 Å². The molecule has 2 N–H and O–H groups in total. The molecule has 1 aromatic rings. The summed E-state index contributed by atoms with van der Waals surface area (Å²) in [5.74, 6) is -0.788. The molecule has 0 spiro atoms. The fraction of sp³-hybridized carbons (Fsp3) is 0.500. The molecule has 0 aliphatic carbocycles. The normalized spacial score (nSPS) is 12.1. The maximum absolute atomic E-state index is 11.0. The van der Waals surface area contributed by atoms with E-state index in [1.165, 1.54) is 5.56 Å². The third-order valence-electron chi connectivity index (χ3n) is 2.71. The number of carbonyl (C=O) groups is 1. The van der Waals surface area contributed by atoms with Crippen LogP contribution in [0.25, 0.3) is 0 Å². The molecular weight excluding hydrogens is 214 g/mol. The van der Waals surface area contributed by atoms with Crippen molar-refractivity contribution < 1.29 is 9.90 Å². The topological polar surface area (TPSA) is 49.3 Å². The second kappa shape index (κ2) is 6.94. The van der Waals surface area contributed by atoms with Crippen molar-refractivity contribution in [3.05, 3.63) is 29.8 Å². The van der Waals surface area contributed by atoms with E-state index < -0.39 is 12.0 Å². The molecule has 1 unspecified atom stereocenters. The highest BCUT2D eigenvalue weighted by Crippen LogP contribution is 2.13. The summed E-state index contributed by atoms with van der Waals surface area (Å²) in [7, 11) is 0. The second-order valence-electron chi connectivity index (χ2n) is 4.27. The largest absolute Gasteiger partial charge is 0.480 e. The number of anilines is 1. The zero-order chi connectivity index (χ0) is 12.7. The van der Waals surface area contributed by atoms with Gasteiger partial charge in [0.1, 0.15) is 6.04 Å². The van der Waals surface area contributed by atoms with Crippen LogP contribution in [0.4, 0.5) is 5.69 Å². The van der Waals surface area contributed by atoms with Crippen molar-refractivity contribution in [3.8, 4) is 0 Å². The van der Waals surface area contributed by atoms with E-state index in [4.69, 9.17) is 5.11 Å². The molecule has 1 aromatic carbocycles. The molecule has 3 heteroatoms. The summed E-state index contributed by atoms with van der Waals surface area (Å²) in [5.41, 5.74) is 2.17. The average molecular weight is 235 g/mol. The van der Waals surface area contributed by atoms with Crippen molar-refractivity contribution in [2.45, 2.75) is 45.6 Å². The molecule has 0 amide bonds. The number of carboxylic acid groups (broad SMARTS) is 1. The first-order chi connectivity index (χ1) is 8.17. The van der Waals surface area contributed by atoms with Gasteiger partial charge in [0.05, 0.1) is 0 Å². The molecule has 0 heterocycles. The summed E-state index contributed by atoms with van der Waals surface area (Å²) >= 11 is 0. The van der Waals surface area contributed by atoms with Gasteiger partial charge in [-0.25, -0.2) is 4.79 Å². The third-order valence-corrected chi connectivity index (χ3v) is 2.71. The predicted molar refractivity (Wildman–Crippen MR) is 70.4 cm³/mol. The van der Waals surface area contributed by atoms with E-state index in [0.717, 1.165) is 24.9 Å². The molecule has 1 atom stereocenters. The summed E-state index contributed by atoms with van der Waals surface area (Å²) in [6.07, 6.45) is 3.70. The highest BCUT2D eigenvalue weighted by Gasteiger charge is 2.15. The standard InChI is InChI=1S/C14H21NO2/c1-3-5-11-7-9-12(10-8-11)15-13(6-4-2)14(16)17/h7-10,13,15H,3-6H2,1-2H3,(H,16,17). The van der Waals surface area contributed by atoms with Crippen molar-refractivity contribution in [2.24, 2.45) is 0 Å². The molecule has 0 saturated heterocycles. The van der Waals surface area contributed by atoms with E-state index in [-0.39, 0.29) is 0 Å². The maximum atomic E-state index is 11.0. The SMILES string of the molecule is CCCc1ccc(NC(CCC)C(=O)O)cc1. The lowest BCUT2D eigenvalue weighted by Gasteiger charge is -2.15. The van der Waals surface area contributed by atoms with Crippen molar-refractivity contribution >= 4 is 11.7 Å². The summed E-state index contributed by atoms with van der Waals surface area (Å²) in [5, 5.41) is 12.1. The fourth-order valence-corrected chi connectivity index (χ4v) is 1.80. The highest BCUT2D eigenvalue weighted by atomic mass is 16.4. The number of hydrogen-bond acceptors (Lipinski definition) is 2. The monoisotopic (exact) mass is 235 g/mol. The van der Waals surface area contributed by atoms with Crippen LogP contribution < -0.4 is 5.32 Å². The smallest absolute Gasteiger partial charge is 0.326 e. The molecule has 0 bridgehead atoms. The van der Waals surface area contributed by atoms with Gasteiger partial charge in [-0.1, -0.05) is 38.8 Å². The van der Waals surface area contributed by atoms with Crippen LogP contribution in [0.15, 0.2) is 24.3 Å². The Morgan fingerprint density at radius 2 is 1.88 bits per heavy atom. The molecule has 1 rings (SSSR count). The van der Waals surface area contributed by atoms with E-state index >= 15 is 0 Å². The van der Waals surface area contributed by atoms with Crippen LogP contribution in [0.2, 0.25) is 0 Å². The molecule has 0 aliphatic rings. The average Bonchev–Trinajstić information content (AvgIpc) is 2.31. The molecule has 0 aliphatic heterocycles. The van der Waals surface area contributed by atoms with Gasteiger partial charge in [0, 0.05) is 5.69 Å². The van der Waals surface area contributed by atoms with Gasteiger partial charge in [0.2, 0.25) is 0 Å². The molecule has 3 nitrogen and oxygen atoms in total. The zero-order valence-corrected chi connectivity index (χ0v) is 10.6. The minimum atomic E-state index is -0.788. The van der Waals surface area contributed by atoms with E-state index in [2.05, 4.69) is 24.4 Å². The molecule has 0 radical (unpaired) electrons. The first-order valence-electron chi connectivity index (χ1n) is 6.25. The van der Waals surface area contributed by atoms with Crippen molar-refractivity contribution in [3.63, 3.8) is 0 Å². The van der Waals surface area contributed by atoms with Gasteiger partial charge in [-0.15, -0.1) is 0 Å². The van der Waals surface area contributed by atoms with Gasteiger partial charge in [0.25, 0.3) is 0 Å². The van der Waals surface area contributed by atoms with Gasteiger partial charge < -0.3 is 10.4 Å². The van der Waals surface area contributed by atoms with Gasteiger partial charge in [-0.05, 0) is 30.5 Å². The van der Waals surface area contributed by atoms with Crippen LogP contribution >= 0.6 is 0 Å². The number of carboxylic acids is 1. The Bertz CT molecular complexity index is 346. The minimum absolute atomic E-state index is 0.489. The quantitative estimate of drug-likeness (QED) is 0.762.